The van der Waals surface area contributed by atoms with E-state index in [2.05, 4.69) is 26.9 Å². The van der Waals surface area contributed by atoms with Crippen molar-refractivity contribution in [1.29, 1.82) is 5.26 Å². The van der Waals surface area contributed by atoms with Gasteiger partial charge in [0.2, 0.25) is 0 Å². The number of halogens is 1. The molecule has 118 valence electrons. The number of anilines is 1. The van der Waals surface area contributed by atoms with Crippen LogP contribution in [-0.2, 0) is 4.79 Å². The number of hydrogen-bond donors (Lipinski definition) is 1. The number of carboxylic acids is 1. The van der Waals surface area contributed by atoms with E-state index in [0.29, 0.717) is 11.6 Å². The molecule has 6 heteroatoms. The molecule has 22 heavy (non-hydrogen) atoms. The van der Waals surface area contributed by atoms with Crippen LogP contribution in [0.4, 0.5) is 5.69 Å². The number of aliphatic carboxylic acids is 1. The maximum absolute atomic E-state index is 10.9. The van der Waals surface area contributed by atoms with Gasteiger partial charge in [0.05, 0.1) is 17.8 Å². The van der Waals surface area contributed by atoms with E-state index in [9.17, 15) is 10.1 Å². The van der Waals surface area contributed by atoms with Gasteiger partial charge in [-0.2, -0.15) is 5.26 Å². The highest BCUT2D eigenvalue weighted by molar-refractivity contribution is 9.10. The topological polar surface area (TPSA) is 67.6 Å². The Hall–Kier alpha value is -1.58. The highest BCUT2D eigenvalue weighted by atomic mass is 79.9. The van der Waals surface area contributed by atoms with Crippen molar-refractivity contribution in [3.63, 3.8) is 0 Å². The number of rotatable bonds is 5. The first-order chi connectivity index (χ1) is 10.5. The van der Waals surface area contributed by atoms with E-state index in [1.807, 2.05) is 30.0 Å². The van der Waals surface area contributed by atoms with Gasteiger partial charge >= 0.3 is 5.97 Å². The zero-order valence-electron chi connectivity index (χ0n) is 12.6. The standard InChI is InChI=1S/C16H20BrN3O2/c1-2-19(11-16(21)22)14-5-7-20(8-6-14)15-4-3-13(17)9-12(15)10-18/h3-4,9,14H,2,5-8,11H2,1H3,(H,21,22). The van der Waals surface area contributed by atoms with E-state index in [0.717, 1.165) is 42.6 Å². The second-order valence-electron chi connectivity index (χ2n) is 5.45. The molecule has 1 aliphatic rings. The second-order valence-corrected chi connectivity index (χ2v) is 6.36. The van der Waals surface area contributed by atoms with E-state index >= 15 is 0 Å². The van der Waals surface area contributed by atoms with Crippen LogP contribution in [-0.4, -0.2) is 48.2 Å². The molecule has 0 unspecified atom stereocenters. The molecule has 1 N–H and O–H groups in total. The van der Waals surface area contributed by atoms with E-state index in [1.165, 1.54) is 0 Å². The molecule has 1 fully saturated rings. The second kappa shape index (κ2) is 7.61. The molecule has 1 saturated heterocycles. The fourth-order valence-corrected chi connectivity index (χ4v) is 3.38. The maximum Gasteiger partial charge on any atom is 0.317 e. The van der Waals surface area contributed by atoms with Crippen molar-refractivity contribution in [2.75, 3.05) is 31.1 Å². The van der Waals surface area contributed by atoms with Crippen LogP contribution in [0.3, 0.4) is 0 Å². The summed E-state index contributed by atoms with van der Waals surface area (Å²) in [6, 6.07) is 8.31. The Morgan fingerprint density at radius 2 is 2.18 bits per heavy atom. The molecule has 0 atom stereocenters. The summed E-state index contributed by atoms with van der Waals surface area (Å²) >= 11 is 3.39. The number of nitrogens with zero attached hydrogens (tertiary/aromatic N) is 3. The predicted molar refractivity (Wildman–Crippen MR) is 89.0 cm³/mol. The van der Waals surface area contributed by atoms with Gasteiger partial charge in [-0.1, -0.05) is 22.9 Å². The Kier molecular flexibility index (Phi) is 5.81. The van der Waals surface area contributed by atoms with Crippen molar-refractivity contribution >= 4 is 27.6 Å². The number of piperidine rings is 1. The molecule has 0 saturated carbocycles. The van der Waals surface area contributed by atoms with Crippen molar-refractivity contribution < 1.29 is 9.90 Å². The minimum absolute atomic E-state index is 0.100. The lowest BCUT2D eigenvalue weighted by Gasteiger charge is -2.38. The lowest BCUT2D eigenvalue weighted by molar-refractivity contribution is -0.139. The van der Waals surface area contributed by atoms with Crippen LogP contribution in [0.25, 0.3) is 0 Å². The van der Waals surface area contributed by atoms with Crippen LogP contribution >= 0.6 is 15.9 Å². The number of likely N-dealkylation sites (N-methyl/N-ethyl adjacent to an activating group) is 1. The van der Waals surface area contributed by atoms with Gasteiger partial charge in [-0.15, -0.1) is 0 Å². The van der Waals surface area contributed by atoms with Crippen LogP contribution in [0.15, 0.2) is 22.7 Å². The van der Waals surface area contributed by atoms with Gasteiger partial charge in [-0.3, -0.25) is 9.69 Å². The van der Waals surface area contributed by atoms with Crippen LogP contribution < -0.4 is 4.90 Å². The summed E-state index contributed by atoms with van der Waals surface area (Å²) in [7, 11) is 0. The Bertz CT molecular complexity index is 577. The molecular formula is C16H20BrN3O2. The van der Waals surface area contributed by atoms with Gasteiger partial charge in [0.1, 0.15) is 6.07 Å². The quantitative estimate of drug-likeness (QED) is 0.868. The summed E-state index contributed by atoms with van der Waals surface area (Å²) in [6.07, 6.45) is 1.84. The molecular weight excluding hydrogens is 346 g/mol. The van der Waals surface area contributed by atoms with Gasteiger partial charge < -0.3 is 10.0 Å². The summed E-state index contributed by atoms with van der Waals surface area (Å²) in [6.45, 7) is 4.54. The Balaban J connectivity index is 2.03. The van der Waals surface area contributed by atoms with Gasteiger partial charge in [0.15, 0.2) is 0 Å². The maximum atomic E-state index is 10.9. The summed E-state index contributed by atoms with van der Waals surface area (Å²) < 4.78 is 0.904. The van der Waals surface area contributed by atoms with Gasteiger partial charge in [0.25, 0.3) is 0 Å². The van der Waals surface area contributed by atoms with Gasteiger partial charge in [-0.25, -0.2) is 0 Å². The first kappa shape index (κ1) is 16.8. The minimum atomic E-state index is -0.774. The van der Waals surface area contributed by atoms with E-state index in [4.69, 9.17) is 5.11 Å². The normalized spacial score (nSPS) is 15.8. The fraction of sp³-hybridized carbons (Fsp3) is 0.500. The third kappa shape index (κ3) is 3.99. The van der Waals surface area contributed by atoms with Crippen molar-refractivity contribution in [1.82, 2.24) is 4.90 Å². The molecule has 0 amide bonds. The highest BCUT2D eigenvalue weighted by Gasteiger charge is 2.26. The van der Waals surface area contributed by atoms with Crippen molar-refractivity contribution in [2.45, 2.75) is 25.8 Å². The van der Waals surface area contributed by atoms with Gasteiger partial charge in [-0.05, 0) is 37.6 Å². The smallest absolute Gasteiger partial charge is 0.317 e. The molecule has 0 aromatic heterocycles. The lowest BCUT2D eigenvalue weighted by Crippen LogP contribution is -2.46. The largest absolute Gasteiger partial charge is 0.480 e. The van der Waals surface area contributed by atoms with Gasteiger partial charge in [0, 0.05) is 23.6 Å². The third-order valence-corrected chi connectivity index (χ3v) is 4.64. The first-order valence-corrected chi connectivity index (χ1v) is 8.25. The van der Waals surface area contributed by atoms with Crippen molar-refractivity contribution in [3.05, 3.63) is 28.2 Å². The summed E-state index contributed by atoms with van der Waals surface area (Å²) in [5.74, 6) is -0.774. The minimum Gasteiger partial charge on any atom is -0.480 e. The molecule has 1 aromatic rings. The number of carboxylic acid groups (broad SMARTS) is 1. The summed E-state index contributed by atoms with van der Waals surface area (Å²) in [5.41, 5.74) is 1.64. The average Bonchev–Trinajstić information content (AvgIpc) is 2.52. The molecule has 5 nitrogen and oxygen atoms in total. The monoisotopic (exact) mass is 365 g/mol. The predicted octanol–water partition coefficient (Wildman–Crippen LogP) is 2.70. The molecule has 2 rings (SSSR count). The van der Waals surface area contributed by atoms with Crippen molar-refractivity contribution in [2.24, 2.45) is 0 Å². The van der Waals surface area contributed by atoms with E-state index in [1.54, 1.807) is 0 Å². The zero-order valence-corrected chi connectivity index (χ0v) is 14.2. The molecule has 1 heterocycles. The Labute approximate surface area is 139 Å². The Morgan fingerprint density at radius 3 is 2.73 bits per heavy atom. The lowest BCUT2D eigenvalue weighted by atomic mass is 10.0. The summed E-state index contributed by atoms with van der Waals surface area (Å²) in [5, 5.41) is 18.3. The van der Waals surface area contributed by atoms with Crippen LogP contribution in [0.2, 0.25) is 0 Å². The highest BCUT2D eigenvalue weighted by Crippen LogP contribution is 2.27. The average molecular weight is 366 g/mol. The third-order valence-electron chi connectivity index (χ3n) is 4.15. The zero-order chi connectivity index (χ0) is 16.1. The van der Waals surface area contributed by atoms with Crippen molar-refractivity contribution in [3.8, 4) is 6.07 Å². The number of nitriles is 1. The van der Waals surface area contributed by atoms with E-state index in [-0.39, 0.29) is 6.54 Å². The molecule has 0 aliphatic carbocycles. The first-order valence-electron chi connectivity index (χ1n) is 7.45. The van der Waals surface area contributed by atoms with E-state index < -0.39 is 5.97 Å². The Morgan fingerprint density at radius 1 is 1.50 bits per heavy atom. The van der Waals surface area contributed by atoms with Crippen LogP contribution in [0, 0.1) is 11.3 Å². The molecule has 0 spiro atoms. The number of hydrogen-bond acceptors (Lipinski definition) is 4. The molecule has 1 aromatic carbocycles. The van der Waals surface area contributed by atoms with Crippen LogP contribution in [0.1, 0.15) is 25.3 Å². The molecule has 1 aliphatic heterocycles. The SMILES string of the molecule is CCN(CC(=O)O)C1CCN(c2ccc(Br)cc2C#N)CC1. The molecule has 0 radical (unpaired) electrons. The number of benzene rings is 1. The number of carbonyl (C=O) groups is 1. The fourth-order valence-electron chi connectivity index (χ4n) is 3.02. The molecule has 0 bridgehead atoms. The van der Waals surface area contributed by atoms with Crippen LogP contribution in [0.5, 0.6) is 0 Å². The summed E-state index contributed by atoms with van der Waals surface area (Å²) in [4.78, 5) is 15.2.